The lowest BCUT2D eigenvalue weighted by Gasteiger charge is -2.34. The van der Waals surface area contributed by atoms with Crippen molar-refractivity contribution in [3.05, 3.63) is 23.8 Å². The van der Waals surface area contributed by atoms with Crippen molar-refractivity contribution in [2.75, 3.05) is 38.1 Å². The van der Waals surface area contributed by atoms with Crippen LogP contribution in [0, 0.1) is 5.92 Å². The number of halogens is 1. The smallest absolute Gasteiger partial charge is 0.302 e. The maximum absolute atomic E-state index is 13.5. The maximum Gasteiger partial charge on any atom is 0.302 e. The molecule has 208 valence electrons. The fraction of sp³-hybridized carbons (Fsp3) is 0.625. The Hall–Kier alpha value is -2.57. The van der Waals surface area contributed by atoms with E-state index in [1.165, 1.54) is 6.92 Å². The van der Waals surface area contributed by atoms with Gasteiger partial charge in [-0.1, -0.05) is 12.1 Å². The molecule has 6 N–H and O–H groups in total. The average molecular weight is 559 g/mol. The number of carbonyl (C=O) groups is 2. The van der Waals surface area contributed by atoms with Crippen LogP contribution < -0.4 is 21.5 Å². The van der Waals surface area contributed by atoms with Crippen LogP contribution in [0.3, 0.4) is 0 Å². The van der Waals surface area contributed by atoms with Gasteiger partial charge in [-0.2, -0.15) is 4.72 Å². The highest BCUT2D eigenvalue weighted by molar-refractivity contribution is 7.89. The number of sulfonamides is 1. The molecule has 37 heavy (non-hydrogen) atoms. The summed E-state index contributed by atoms with van der Waals surface area (Å²) in [6.07, 6.45) is 4.76. The fourth-order valence-corrected chi connectivity index (χ4v) is 6.17. The van der Waals surface area contributed by atoms with Crippen molar-refractivity contribution < 1.29 is 22.7 Å². The maximum atomic E-state index is 13.5. The molecule has 13 heteroatoms. The molecular weight excluding hydrogens is 520 g/mol. The number of anilines is 1. The third-order valence-electron chi connectivity index (χ3n) is 6.63. The Bertz CT molecular complexity index is 1060. The van der Waals surface area contributed by atoms with E-state index in [4.69, 9.17) is 16.2 Å². The summed E-state index contributed by atoms with van der Waals surface area (Å²) in [5, 5.41) is 3.21. The molecule has 11 nitrogen and oxygen atoms in total. The van der Waals surface area contributed by atoms with Gasteiger partial charge in [0.2, 0.25) is 15.9 Å². The van der Waals surface area contributed by atoms with Crippen LogP contribution in [0.25, 0.3) is 0 Å². The van der Waals surface area contributed by atoms with Crippen LogP contribution in [0.5, 0.6) is 0 Å². The number of guanidine groups is 1. The second-order valence-corrected chi connectivity index (χ2v) is 11.0. The number of ether oxygens (including phenoxy) is 1. The molecule has 1 unspecified atom stereocenters. The molecule has 1 fully saturated rings. The predicted octanol–water partition coefficient (Wildman–Crippen LogP) is 1.36. The second-order valence-electron chi connectivity index (χ2n) is 9.34. The van der Waals surface area contributed by atoms with Crippen LogP contribution in [0.2, 0.25) is 0 Å². The number of hydrogen-bond acceptors (Lipinski definition) is 7. The summed E-state index contributed by atoms with van der Waals surface area (Å²) >= 11 is 0. The van der Waals surface area contributed by atoms with E-state index in [2.05, 4.69) is 15.0 Å². The van der Waals surface area contributed by atoms with E-state index in [1.807, 2.05) is 6.07 Å². The largest absolute Gasteiger partial charge is 0.466 e. The predicted molar refractivity (Wildman–Crippen MR) is 145 cm³/mol. The number of likely N-dealkylation sites (tertiary alicyclic amines) is 1. The number of nitrogens with one attached hydrogen (secondary N) is 2. The first-order valence-electron chi connectivity index (χ1n) is 12.5. The third kappa shape index (κ3) is 9.04. The molecule has 1 saturated heterocycles. The highest BCUT2D eigenvalue weighted by Gasteiger charge is 2.32. The summed E-state index contributed by atoms with van der Waals surface area (Å²) in [5.41, 5.74) is 12.4. The van der Waals surface area contributed by atoms with Crippen molar-refractivity contribution in [1.82, 2.24) is 9.62 Å². The van der Waals surface area contributed by atoms with Crippen molar-refractivity contribution in [2.24, 2.45) is 22.4 Å². The van der Waals surface area contributed by atoms with Crippen LogP contribution in [-0.2, 0) is 30.8 Å². The van der Waals surface area contributed by atoms with E-state index in [-0.39, 0.29) is 41.6 Å². The SMILES string of the molecule is CC(=O)OCCC1CCN(C(=O)C(CCCN=C(N)N)NS(=O)(=O)c2cccc3c2NCCC3)CC1.Cl. The van der Waals surface area contributed by atoms with E-state index in [0.717, 1.165) is 37.7 Å². The highest BCUT2D eigenvalue weighted by Crippen LogP contribution is 2.30. The van der Waals surface area contributed by atoms with Gasteiger partial charge in [-0.3, -0.25) is 14.6 Å². The standard InChI is InChI=1S/C24H38N6O5S.ClH/c1-17(31)35-16-11-18-9-14-30(15-10-18)23(32)20(7-4-13-28-24(25)26)29-36(33,34)21-8-2-5-19-6-3-12-27-22(19)21;/h2,5,8,18,20,27,29H,3-4,6-7,9-16H2,1H3,(H4,25,26,28);1H. The minimum absolute atomic E-state index is 0. The number of para-hydroxylation sites is 1. The number of aliphatic imine (C=N–C) groups is 1. The topological polar surface area (TPSA) is 169 Å². The van der Waals surface area contributed by atoms with Gasteiger partial charge in [0.05, 0.1) is 12.3 Å². The molecule has 0 saturated carbocycles. The molecule has 1 atom stereocenters. The number of fused-ring (bicyclic) bond motifs is 1. The molecule has 3 rings (SSSR count). The van der Waals surface area contributed by atoms with Crippen molar-refractivity contribution >= 4 is 46.0 Å². The number of nitrogens with two attached hydrogens (primary N) is 2. The molecule has 2 aliphatic heterocycles. The molecule has 0 aromatic heterocycles. The Kier molecular flexibility index (Phi) is 11.9. The van der Waals surface area contributed by atoms with E-state index in [1.54, 1.807) is 17.0 Å². The van der Waals surface area contributed by atoms with Gasteiger partial charge < -0.3 is 26.4 Å². The molecule has 0 spiro atoms. The first-order chi connectivity index (χ1) is 17.2. The number of carbonyl (C=O) groups excluding carboxylic acids is 2. The Balaban J connectivity index is 0.00000481. The highest BCUT2D eigenvalue weighted by atomic mass is 35.5. The van der Waals surface area contributed by atoms with Gasteiger partial charge >= 0.3 is 5.97 Å². The summed E-state index contributed by atoms with van der Waals surface area (Å²) in [4.78, 5) is 30.3. The van der Waals surface area contributed by atoms with E-state index in [9.17, 15) is 18.0 Å². The summed E-state index contributed by atoms with van der Waals surface area (Å²) in [6, 6.07) is 4.29. The van der Waals surface area contributed by atoms with E-state index < -0.39 is 16.1 Å². The minimum Gasteiger partial charge on any atom is -0.466 e. The van der Waals surface area contributed by atoms with Crippen molar-refractivity contribution in [2.45, 2.75) is 62.8 Å². The summed E-state index contributed by atoms with van der Waals surface area (Å²) in [6.45, 7) is 3.81. The molecule has 0 aliphatic carbocycles. The Morgan fingerprint density at radius 1 is 1.27 bits per heavy atom. The zero-order valence-electron chi connectivity index (χ0n) is 21.3. The number of rotatable bonds is 11. The lowest BCUT2D eigenvalue weighted by Crippen LogP contribution is -2.50. The molecule has 0 radical (unpaired) electrons. The van der Waals surface area contributed by atoms with Gasteiger partial charge in [-0.15, -0.1) is 12.4 Å². The Labute approximate surface area is 225 Å². The Morgan fingerprint density at radius 3 is 2.68 bits per heavy atom. The number of amides is 1. The van der Waals surface area contributed by atoms with Gasteiger partial charge in [0, 0.05) is 33.1 Å². The molecular formula is C24H39ClN6O5S. The quantitative estimate of drug-likeness (QED) is 0.136. The van der Waals surface area contributed by atoms with E-state index in [0.29, 0.717) is 50.8 Å². The van der Waals surface area contributed by atoms with Crippen molar-refractivity contribution in [3.8, 4) is 0 Å². The van der Waals surface area contributed by atoms with Crippen LogP contribution in [0.4, 0.5) is 5.69 Å². The van der Waals surface area contributed by atoms with E-state index >= 15 is 0 Å². The number of benzene rings is 1. The summed E-state index contributed by atoms with van der Waals surface area (Å²) in [7, 11) is -3.96. The molecule has 2 heterocycles. The van der Waals surface area contributed by atoms with Crippen LogP contribution in [0.1, 0.15) is 51.0 Å². The normalized spacial score (nSPS) is 16.5. The number of aryl methyl sites for hydroxylation is 1. The van der Waals surface area contributed by atoms with Gasteiger partial charge in [-0.25, -0.2) is 8.42 Å². The van der Waals surface area contributed by atoms with Crippen molar-refractivity contribution in [3.63, 3.8) is 0 Å². The molecule has 1 aromatic carbocycles. The van der Waals surface area contributed by atoms with Gasteiger partial charge in [0.25, 0.3) is 0 Å². The summed E-state index contributed by atoms with van der Waals surface area (Å²) < 4.78 is 34.6. The van der Waals surface area contributed by atoms with Gasteiger partial charge in [0.1, 0.15) is 10.9 Å². The van der Waals surface area contributed by atoms with Crippen LogP contribution in [0.15, 0.2) is 28.1 Å². The lowest BCUT2D eigenvalue weighted by molar-refractivity contribution is -0.141. The molecule has 2 aliphatic rings. The monoisotopic (exact) mass is 558 g/mol. The number of hydrogen-bond donors (Lipinski definition) is 4. The average Bonchev–Trinajstić information content (AvgIpc) is 2.85. The number of esters is 1. The van der Waals surface area contributed by atoms with Gasteiger partial charge in [-0.05, 0) is 62.5 Å². The third-order valence-corrected chi connectivity index (χ3v) is 8.14. The number of nitrogens with zero attached hydrogens (tertiary/aromatic N) is 2. The fourth-order valence-electron chi connectivity index (χ4n) is 4.72. The van der Waals surface area contributed by atoms with Crippen molar-refractivity contribution in [1.29, 1.82) is 0 Å². The first kappa shape index (κ1) is 30.7. The van der Waals surface area contributed by atoms with Gasteiger partial charge in [0.15, 0.2) is 5.96 Å². The first-order valence-corrected chi connectivity index (χ1v) is 14.0. The number of piperidine rings is 1. The molecule has 0 bridgehead atoms. The Morgan fingerprint density at radius 2 is 2.00 bits per heavy atom. The zero-order valence-corrected chi connectivity index (χ0v) is 22.9. The minimum atomic E-state index is -3.96. The zero-order chi connectivity index (χ0) is 26.1. The van der Waals surface area contributed by atoms with Crippen LogP contribution in [-0.4, -0.2) is 70.0 Å². The molecule has 1 amide bonds. The summed E-state index contributed by atoms with van der Waals surface area (Å²) in [5.74, 6) is -0.239. The molecule has 1 aromatic rings. The second kappa shape index (κ2) is 14.4. The van der Waals surface area contributed by atoms with Crippen LogP contribution >= 0.6 is 12.4 Å². The lowest BCUT2D eigenvalue weighted by atomic mass is 9.93.